The number of hydrogen-bond donors (Lipinski definition) is 2. The smallest absolute Gasteiger partial charge is 0.323 e. The lowest BCUT2D eigenvalue weighted by Crippen LogP contribution is -2.42. The Balaban J connectivity index is 1.80. The summed E-state index contributed by atoms with van der Waals surface area (Å²) >= 11 is 0. The van der Waals surface area contributed by atoms with Gasteiger partial charge < -0.3 is 20.3 Å². The molecule has 0 atom stereocenters. The normalized spacial score (nSPS) is 15.4. The zero-order valence-corrected chi connectivity index (χ0v) is 16.1. The minimum atomic E-state index is -0.606. The Hall–Kier alpha value is -3.02. The van der Waals surface area contributed by atoms with Gasteiger partial charge in [-0.3, -0.25) is 4.79 Å². The summed E-state index contributed by atoms with van der Waals surface area (Å²) in [7, 11) is 0. The molecule has 142 valence electrons. The van der Waals surface area contributed by atoms with Crippen molar-refractivity contribution in [3.8, 4) is 5.75 Å². The highest BCUT2D eigenvalue weighted by atomic mass is 16.5. The maximum absolute atomic E-state index is 12.7. The molecular weight excluding hydrogens is 342 g/mol. The first-order valence-electron chi connectivity index (χ1n) is 9.04. The number of amides is 3. The highest BCUT2D eigenvalue weighted by molar-refractivity contribution is 6.02. The van der Waals surface area contributed by atoms with Crippen LogP contribution in [-0.2, 0) is 4.79 Å². The third-order valence-corrected chi connectivity index (χ3v) is 4.63. The number of nitrogens with zero attached hydrogens (tertiary/aromatic N) is 1. The lowest BCUT2D eigenvalue weighted by atomic mass is 9.93. The summed E-state index contributed by atoms with van der Waals surface area (Å²) in [5.41, 5.74) is 2.45. The van der Waals surface area contributed by atoms with Crippen molar-refractivity contribution in [3.63, 3.8) is 0 Å². The van der Waals surface area contributed by atoms with E-state index in [4.69, 9.17) is 4.74 Å². The maximum atomic E-state index is 12.7. The van der Waals surface area contributed by atoms with Crippen molar-refractivity contribution < 1.29 is 14.3 Å². The van der Waals surface area contributed by atoms with Crippen LogP contribution in [0, 0.1) is 12.3 Å². The van der Waals surface area contributed by atoms with Gasteiger partial charge in [0.25, 0.3) is 0 Å². The molecule has 6 heteroatoms. The van der Waals surface area contributed by atoms with E-state index in [9.17, 15) is 9.59 Å². The minimum Gasteiger partial charge on any atom is -0.490 e. The van der Waals surface area contributed by atoms with E-state index >= 15 is 0 Å². The monoisotopic (exact) mass is 367 g/mol. The second-order valence-electron chi connectivity index (χ2n) is 7.30. The third-order valence-electron chi connectivity index (χ3n) is 4.63. The zero-order valence-electron chi connectivity index (χ0n) is 16.1. The van der Waals surface area contributed by atoms with Crippen molar-refractivity contribution in [1.29, 1.82) is 0 Å². The molecule has 0 saturated heterocycles. The molecular formula is C21H25N3O3. The topological polar surface area (TPSA) is 70.7 Å². The first-order valence-corrected chi connectivity index (χ1v) is 9.04. The predicted octanol–water partition coefficient (Wildman–Crippen LogP) is 4.41. The highest BCUT2D eigenvalue weighted by Crippen LogP contribution is 2.38. The Morgan fingerprint density at radius 2 is 1.93 bits per heavy atom. The van der Waals surface area contributed by atoms with Gasteiger partial charge in [-0.15, -0.1) is 0 Å². The van der Waals surface area contributed by atoms with Crippen LogP contribution in [0.4, 0.5) is 21.9 Å². The van der Waals surface area contributed by atoms with E-state index in [0.717, 1.165) is 16.9 Å². The molecule has 0 saturated carbocycles. The van der Waals surface area contributed by atoms with E-state index < -0.39 is 5.41 Å². The fourth-order valence-corrected chi connectivity index (χ4v) is 3.04. The molecule has 2 aromatic carbocycles. The molecule has 0 fully saturated rings. The Kier molecular flexibility index (Phi) is 5.08. The molecule has 0 aliphatic carbocycles. The molecule has 6 nitrogen and oxygen atoms in total. The predicted molar refractivity (Wildman–Crippen MR) is 108 cm³/mol. The van der Waals surface area contributed by atoms with Crippen LogP contribution < -0.4 is 20.3 Å². The van der Waals surface area contributed by atoms with Crippen molar-refractivity contribution in [2.24, 2.45) is 5.41 Å². The number of urea groups is 1. The summed E-state index contributed by atoms with van der Waals surface area (Å²) in [6.07, 6.45) is 0. The van der Waals surface area contributed by atoms with Crippen molar-refractivity contribution in [2.75, 3.05) is 28.7 Å². The number of rotatable bonds is 3. The molecule has 27 heavy (non-hydrogen) atoms. The summed E-state index contributed by atoms with van der Waals surface area (Å²) < 4.78 is 5.89. The van der Waals surface area contributed by atoms with E-state index in [2.05, 4.69) is 10.6 Å². The van der Waals surface area contributed by atoms with Crippen LogP contribution in [0.1, 0.15) is 26.3 Å². The number of ether oxygens (including phenoxy) is 1. The zero-order chi connectivity index (χ0) is 19.6. The van der Waals surface area contributed by atoms with Gasteiger partial charge in [-0.25, -0.2) is 4.79 Å². The minimum absolute atomic E-state index is 0.0294. The van der Waals surface area contributed by atoms with Crippen LogP contribution in [0.25, 0.3) is 0 Å². The molecule has 0 radical (unpaired) electrons. The van der Waals surface area contributed by atoms with Gasteiger partial charge >= 0.3 is 6.03 Å². The molecule has 1 heterocycles. The molecule has 3 rings (SSSR count). The van der Waals surface area contributed by atoms with Gasteiger partial charge in [0.1, 0.15) is 12.4 Å². The van der Waals surface area contributed by atoms with Gasteiger partial charge in [0.2, 0.25) is 5.91 Å². The average Bonchev–Trinajstić information content (AvgIpc) is 2.72. The van der Waals surface area contributed by atoms with E-state index in [1.807, 2.05) is 58.0 Å². The number of hydrogen-bond acceptors (Lipinski definition) is 3. The number of benzene rings is 2. The number of carbonyl (C=O) groups is 2. The molecule has 0 spiro atoms. The molecule has 3 amide bonds. The van der Waals surface area contributed by atoms with Crippen LogP contribution in [0.2, 0.25) is 0 Å². The van der Waals surface area contributed by atoms with Gasteiger partial charge in [-0.2, -0.15) is 0 Å². The first kappa shape index (κ1) is 18.8. The van der Waals surface area contributed by atoms with Crippen LogP contribution in [-0.4, -0.2) is 25.1 Å². The van der Waals surface area contributed by atoms with E-state index in [1.165, 1.54) is 0 Å². The molecule has 0 aromatic heterocycles. The van der Waals surface area contributed by atoms with Crippen molar-refractivity contribution >= 4 is 29.0 Å². The average molecular weight is 367 g/mol. The SMILES string of the molecule is CCN1C(=O)C(C)(C)COc2cc(NC(=O)Nc3ccccc3C)ccc21. The van der Waals surface area contributed by atoms with Crippen molar-refractivity contribution in [2.45, 2.75) is 27.7 Å². The quantitative estimate of drug-likeness (QED) is 0.844. The first-order chi connectivity index (χ1) is 12.8. The molecule has 0 unspecified atom stereocenters. The maximum Gasteiger partial charge on any atom is 0.323 e. The number of anilines is 3. The van der Waals surface area contributed by atoms with Gasteiger partial charge in [0.05, 0.1) is 11.1 Å². The van der Waals surface area contributed by atoms with E-state index in [0.29, 0.717) is 18.0 Å². The van der Waals surface area contributed by atoms with Crippen LogP contribution in [0.3, 0.4) is 0 Å². The number of nitrogens with one attached hydrogen (secondary N) is 2. The van der Waals surface area contributed by atoms with Gasteiger partial charge in [-0.05, 0) is 51.5 Å². The summed E-state index contributed by atoms with van der Waals surface area (Å²) in [5.74, 6) is 0.617. The summed E-state index contributed by atoms with van der Waals surface area (Å²) in [5, 5.41) is 5.66. The Morgan fingerprint density at radius 1 is 1.19 bits per heavy atom. The molecule has 1 aliphatic heterocycles. The second kappa shape index (κ2) is 7.31. The van der Waals surface area contributed by atoms with Crippen LogP contribution >= 0.6 is 0 Å². The summed E-state index contributed by atoms with van der Waals surface area (Å²) in [6.45, 7) is 8.46. The largest absolute Gasteiger partial charge is 0.490 e. The van der Waals surface area contributed by atoms with Crippen LogP contribution in [0.5, 0.6) is 5.75 Å². The molecule has 1 aliphatic rings. The van der Waals surface area contributed by atoms with E-state index in [1.54, 1.807) is 17.0 Å². The second-order valence-corrected chi connectivity index (χ2v) is 7.30. The fourth-order valence-electron chi connectivity index (χ4n) is 3.04. The van der Waals surface area contributed by atoms with Gasteiger partial charge in [0.15, 0.2) is 0 Å². The fraction of sp³-hybridized carbons (Fsp3) is 0.333. The third kappa shape index (κ3) is 3.89. The summed E-state index contributed by atoms with van der Waals surface area (Å²) in [6, 6.07) is 12.6. The summed E-state index contributed by atoms with van der Waals surface area (Å²) in [4.78, 5) is 26.8. The molecule has 2 N–H and O–H groups in total. The standard InChI is InChI=1S/C21H25N3O3/c1-5-24-17-11-10-15(12-18(17)27-13-21(3,4)19(24)25)22-20(26)23-16-9-7-6-8-14(16)2/h6-12H,5,13H2,1-4H3,(H2,22,23,26). The number of fused-ring (bicyclic) bond motifs is 1. The van der Waals surface area contributed by atoms with Crippen LogP contribution in [0.15, 0.2) is 42.5 Å². The van der Waals surface area contributed by atoms with E-state index in [-0.39, 0.29) is 18.5 Å². The Bertz CT molecular complexity index is 877. The van der Waals surface area contributed by atoms with Gasteiger partial charge in [0, 0.05) is 24.0 Å². The Labute approximate surface area is 159 Å². The van der Waals surface area contributed by atoms with Crippen molar-refractivity contribution in [1.82, 2.24) is 0 Å². The lowest BCUT2D eigenvalue weighted by molar-refractivity contribution is -0.127. The van der Waals surface area contributed by atoms with Gasteiger partial charge in [-0.1, -0.05) is 18.2 Å². The number of para-hydroxylation sites is 1. The molecule has 2 aromatic rings. The highest BCUT2D eigenvalue weighted by Gasteiger charge is 2.37. The number of carbonyl (C=O) groups excluding carboxylic acids is 2. The molecule has 0 bridgehead atoms. The Morgan fingerprint density at radius 3 is 2.63 bits per heavy atom. The lowest BCUT2D eigenvalue weighted by Gasteiger charge is -2.26. The van der Waals surface area contributed by atoms with Crippen molar-refractivity contribution in [3.05, 3.63) is 48.0 Å². The number of aryl methyl sites for hydroxylation is 1.